The minimum Gasteiger partial charge on any atom is -0.491 e. The van der Waals surface area contributed by atoms with Gasteiger partial charge in [0.25, 0.3) is 5.91 Å². The Balaban J connectivity index is 1.45. The van der Waals surface area contributed by atoms with E-state index in [9.17, 15) is 9.00 Å². The summed E-state index contributed by atoms with van der Waals surface area (Å²) in [6.45, 7) is 5.12. The molecule has 33 heavy (non-hydrogen) atoms. The first kappa shape index (κ1) is 21.3. The second-order valence-corrected chi connectivity index (χ2v) is 9.57. The number of ether oxygens (including phenoxy) is 1. The predicted molar refractivity (Wildman–Crippen MR) is 128 cm³/mol. The molecule has 0 bridgehead atoms. The maximum atomic E-state index is 13.3. The first-order valence-electron chi connectivity index (χ1n) is 10.7. The number of imidazole rings is 1. The Kier molecular flexibility index (Phi) is 5.46. The number of fused-ring (bicyclic) bond motifs is 2. The van der Waals surface area contributed by atoms with Crippen molar-refractivity contribution in [2.75, 3.05) is 19.4 Å². The Labute approximate surface area is 194 Å². The zero-order chi connectivity index (χ0) is 23.1. The van der Waals surface area contributed by atoms with E-state index in [-0.39, 0.29) is 5.91 Å². The summed E-state index contributed by atoms with van der Waals surface area (Å²) >= 11 is 0. The number of nitrogens with zero attached hydrogens (tertiary/aromatic N) is 3. The quantitative estimate of drug-likeness (QED) is 0.499. The van der Waals surface area contributed by atoms with Crippen LogP contribution in [0.1, 0.15) is 27.3 Å². The van der Waals surface area contributed by atoms with Gasteiger partial charge >= 0.3 is 0 Å². The van der Waals surface area contributed by atoms with Crippen molar-refractivity contribution in [3.8, 4) is 16.9 Å². The number of hydrogen-bond acceptors (Lipinski definition) is 5. The van der Waals surface area contributed by atoms with Crippen molar-refractivity contribution in [3.05, 3.63) is 71.2 Å². The monoisotopic (exact) mass is 460 g/mol. The van der Waals surface area contributed by atoms with Gasteiger partial charge in [0.2, 0.25) is 0 Å². The molecule has 2 aromatic carbocycles. The molecule has 168 valence electrons. The van der Waals surface area contributed by atoms with Crippen LogP contribution in [0.5, 0.6) is 5.75 Å². The fourth-order valence-electron chi connectivity index (χ4n) is 4.15. The molecule has 5 rings (SSSR count). The van der Waals surface area contributed by atoms with Crippen molar-refractivity contribution in [3.63, 3.8) is 0 Å². The normalized spacial score (nSPS) is 14.5. The summed E-state index contributed by atoms with van der Waals surface area (Å²) in [4.78, 5) is 27.1. The number of pyridine rings is 1. The molecule has 7 nitrogen and oxygen atoms in total. The van der Waals surface area contributed by atoms with Crippen LogP contribution in [0.15, 0.2) is 53.7 Å². The predicted octanol–water partition coefficient (Wildman–Crippen LogP) is 4.01. The van der Waals surface area contributed by atoms with E-state index in [0.717, 1.165) is 44.9 Å². The molecule has 0 saturated heterocycles. The van der Waals surface area contributed by atoms with Gasteiger partial charge in [0.15, 0.2) is 0 Å². The van der Waals surface area contributed by atoms with Gasteiger partial charge in [0, 0.05) is 24.6 Å². The van der Waals surface area contributed by atoms with Crippen molar-refractivity contribution in [1.29, 1.82) is 0 Å². The summed E-state index contributed by atoms with van der Waals surface area (Å²) in [5.41, 5.74) is 6.29. The summed E-state index contributed by atoms with van der Waals surface area (Å²) in [6.07, 6.45) is 3.11. The average molecular weight is 461 g/mol. The van der Waals surface area contributed by atoms with Gasteiger partial charge in [0.1, 0.15) is 23.2 Å². The molecule has 8 heteroatoms. The second-order valence-electron chi connectivity index (χ2n) is 8.24. The number of benzene rings is 2. The van der Waals surface area contributed by atoms with E-state index in [1.54, 1.807) is 17.2 Å². The maximum Gasteiger partial charge on any atom is 0.256 e. The first-order valence-corrected chi connectivity index (χ1v) is 12.3. The smallest absolute Gasteiger partial charge is 0.256 e. The van der Waals surface area contributed by atoms with Crippen LogP contribution in [0.4, 0.5) is 0 Å². The Bertz CT molecular complexity index is 1410. The van der Waals surface area contributed by atoms with Crippen LogP contribution >= 0.6 is 0 Å². The highest BCUT2D eigenvalue weighted by Gasteiger charge is 2.23. The third kappa shape index (κ3) is 4.14. The van der Waals surface area contributed by atoms with Gasteiger partial charge in [-0.1, -0.05) is 12.1 Å². The molecule has 0 fully saturated rings. The molecule has 0 radical (unpaired) electrons. The molecule has 1 amide bonds. The fraction of sp³-hybridized carbons (Fsp3) is 0.240. The lowest BCUT2D eigenvalue weighted by Gasteiger charge is -2.21. The van der Waals surface area contributed by atoms with Crippen LogP contribution in [-0.2, 0) is 17.3 Å². The highest BCUT2D eigenvalue weighted by molar-refractivity contribution is 7.84. The Morgan fingerprint density at radius 2 is 1.91 bits per heavy atom. The van der Waals surface area contributed by atoms with Crippen molar-refractivity contribution in [2.24, 2.45) is 0 Å². The molecule has 1 aliphatic heterocycles. The number of carbonyl (C=O) groups excluding carboxylic acids is 1. The highest BCUT2D eigenvalue weighted by Crippen LogP contribution is 2.31. The van der Waals surface area contributed by atoms with Crippen LogP contribution < -0.4 is 4.74 Å². The minimum atomic E-state index is -1.19. The van der Waals surface area contributed by atoms with E-state index >= 15 is 0 Å². The molecular weight excluding hydrogens is 436 g/mol. The number of rotatable bonds is 3. The van der Waals surface area contributed by atoms with E-state index in [4.69, 9.17) is 4.74 Å². The van der Waals surface area contributed by atoms with Gasteiger partial charge in [-0.15, -0.1) is 0 Å². The third-order valence-electron chi connectivity index (χ3n) is 5.87. The SMILES string of the molecule is Cc1nc2ccc(-c3ccc4c(c3)CN(C(=O)c3cnc(S(C)=O)cc3C)CCO4)cc2[nH]1. The van der Waals surface area contributed by atoms with Gasteiger partial charge in [-0.3, -0.25) is 9.00 Å². The standard InChI is InChI=1S/C25H24N4O3S/c1-15-10-24(33(3)31)26-13-20(15)25(30)29-8-9-32-23-7-5-17(11-19(23)14-29)18-4-6-21-22(12-18)28-16(2)27-21/h4-7,10-13H,8-9,14H2,1-3H3,(H,27,28). The van der Waals surface area contributed by atoms with E-state index in [1.165, 1.54) is 6.20 Å². The molecule has 1 unspecified atom stereocenters. The Morgan fingerprint density at radius 1 is 1.12 bits per heavy atom. The maximum absolute atomic E-state index is 13.3. The molecule has 1 atom stereocenters. The van der Waals surface area contributed by atoms with Crippen molar-refractivity contribution in [2.45, 2.75) is 25.4 Å². The van der Waals surface area contributed by atoms with Gasteiger partial charge in [-0.25, -0.2) is 9.97 Å². The molecule has 4 aromatic rings. The Hall–Kier alpha value is -3.52. The molecule has 0 saturated carbocycles. The zero-order valence-electron chi connectivity index (χ0n) is 18.7. The van der Waals surface area contributed by atoms with E-state index in [2.05, 4.69) is 33.2 Å². The largest absolute Gasteiger partial charge is 0.491 e. The number of aromatic amines is 1. The van der Waals surface area contributed by atoms with E-state index < -0.39 is 10.8 Å². The number of H-pyrrole nitrogens is 1. The summed E-state index contributed by atoms with van der Waals surface area (Å²) in [5.74, 6) is 1.57. The number of nitrogens with one attached hydrogen (secondary N) is 1. The molecule has 3 heterocycles. The van der Waals surface area contributed by atoms with Crippen LogP contribution in [0, 0.1) is 13.8 Å². The number of carbonyl (C=O) groups is 1. The van der Waals surface area contributed by atoms with Crippen molar-refractivity contribution in [1.82, 2.24) is 19.9 Å². The van der Waals surface area contributed by atoms with Gasteiger partial charge in [0.05, 0.1) is 33.9 Å². The number of aromatic nitrogens is 3. The summed E-state index contributed by atoms with van der Waals surface area (Å²) in [7, 11) is -1.19. The van der Waals surface area contributed by atoms with Crippen molar-refractivity contribution < 1.29 is 13.7 Å². The second kappa shape index (κ2) is 8.44. The molecule has 1 N–H and O–H groups in total. The lowest BCUT2D eigenvalue weighted by Crippen LogP contribution is -2.33. The van der Waals surface area contributed by atoms with Crippen LogP contribution in [0.25, 0.3) is 22.2 Å². The first-order chi connectivity index (χ1) is 15.9. The topological polar surface area (TPSA) is 88.2 Å². The van der Waals surface area contributed by atoms with Gasteiger partial charge in [-0.05, 0) is 60.9 Å². The molecule has 0 spiro atoms. The third-order valence-corrected chi connectivity index (χ3v) is 6.68. The Morgan fingerprint density at radius 3 is 2.70 bits per heavy atom. The summed E-state index contributed by atoms with van der Waals surface area (Å²) < 4.78 is 17.7. The zero-order valence-corrected chi connectivity index (χ0v) is 19.5. The number of hydrogen-bond donors (Lipinski definition) is 1. The lowest BCUT2D eigenvalue weighted by atomic mass is 10.0. The van der Waals surface area contributed by atoms with Crippen LogP contribution in [0.2, 0.25) is 0 Å². The molecular formula is C25H24N4O3S. The van der Waals surface area contributed by atoms with Crippen molar-refractivity contribution >= 4 is 27.7 Å². The fourth-order valence-corrected chi connectivity index (χ4v) is 4.69. The number of aryl methyl sites for hydroxylation is 2. The van der Waals surface area contributed by atoms with Gasteiger partial charge < -0.3 is 14.6 Å². The minimum absolute atomic E-state index is 0.107. The average Bonchev–Trinajstić information content (AvgIpc) is 3.04. The van der Waals surface area contributed by atoms with E-state index in [1.807, 2.05) is 32.0 Å². The van der Waals surface area contributed by atoms with Crippen LogP contribution in [0.3, 0.4) is 0 Å². The highest BCUT2D eigenvalue weighted by atomic mass is 32.2. The molecule has 1 aliphatic rings. The summed E-state index contributed by atoms with van der Waals surface area (Å²) in [5, 5.41) is 0.475. The number of amides is 1. The summed E-state index contributed by atoms with van der Waals surface area (Å²) in [6, 6.07) is 14.0. The lowest BCUT2D eigenvalue weighted by molar-refractivity contribution is 0.0732. The molecule has 0 aliphatic carbocycles. The molecule has 2 aromatic heterocycles. The van der Waals surface area contributed by atoms with Gasteiger partial charge in [-0.2, -0.15) is 0 Å². The van der Waals surface area contributed by atoms with E-state index in [0.29, 0.717) is 30.3 Å². The van der Waals surface area contributed by atoms with Crippen LogP contribution in [-0.4, -0.2) is 49.4 Å².